The van der Waals surface area contributed by atoms with Crippen LogP contribution in [0.3, 0.4) is 0 Å². The molecule has 0 fully saturated rings. The quantitative estimate of drug-likeness (QED) is 0.668. The third kappa shape index (κ3) is 2.84. The van der Waals surface area contributed by atoms with Crippen molar-refractivity contribution in [3.63, 3.8) is 0 Å². The summed E-state index contributed by atoms with van der Waals surface area (Å²) in [5.41, 5.74) is 6.26. The summed E-state index contributed by atoms with van der Waals surface area (Å²) in [4.78, 5) is 17.3. The predicted molar refractivity (Wildman–Crippen MR) is 46.8 cm³/mol. The highest BCUT2D eigenvalue weighted by atomic mass is 16.1. The van der Waals surface area contributed by atoms with E-state index in [0.29, 0.717) is 0 Å². The van der Waals surface area contributed by atoms with Crippen LogP contribution in [0.4, 0.5) is 0 Å². The zero-order valence-corrected chi connectivity index (χ0v) is 7.08. The van der Waals surface area contributed by atoms with Gasteiger partial charge in [-0.15, -0.1) is 0 Å². The molecule has 4 heteroatoms. The Morgan fingerprint density at radius 2 is 2.50 bits per heavy atom. The van der Waals surface area contributed by atoms with Gasteiger partial charge < -0.3 is 10.7 Å². The van der Waals surface area contributed by atoms with Crippen LogP contribution in [0.2, 0.25) is 0 Å². The Hall–Kier alpha value is -1.16. The minimum absolute atomic E-state index is 0.107. The van der Waals surface area contributed by atoms with Crippen LogP contribution in [0.1, 0.15) is 19.0 Å². The number of H-pyrrole nitrogens is 1. The fraction of sp³-hybridized carbons (Fsp3) is 0.500. The fourth-order valence-electron chi connectivity index (χ4n) is 0.921. The van der Waals surface area contributed by atoms with Crippen molar-refractivity contribution in [2.75, 3.05) is 0 Å². The molecule has 0 amide bonds. The molecule has 1 aromatic heterocycles. The fourth-order valence-corrected chi connectivity index (χ4v) is 0.921. The number of nitrogens with one attached hydrogen (secondary N) is 1. The zero-order valence-electron chi connectivity index (χ0n) is 7.08. The monoisotopic (exact) mass is 167 g/mol. The summed E-state index contributed by atoms with van der Waals surface area (Å²) < 4.78 is 0. The second kappa shape index (κ2) is 4.01. The van der Waals surface area contributed by atoms with E-state index in [4.69, 9.17) is 5.73 Å². The van der Waals surface area contributed by atoms with Gasteiger partial charge in [0, 0.05) is 17.8 Å². The predicted octanol–water partition coefficient (Wildman–Crippen LogP) is 0.0497. The van der Waals surface area contributed by atoms with Crippen LogP contribution in [-0.4, -0.2) is 16.0 Å². The molecule has 4 nitrogen and oxygen atoms in total. The topological polar surface area (TPSA) is 71.8 Å². The van der Waals surface area contributed by atoms with Gasteiger partial charge in [-0.1, -0.05) is 0 Å². The average Bonchev–Trinajstić information content (AvgIpc) is 2.01. The molecule has 12 heavy (non-hydrogen) atoms. The van der Waals surface area contributed by atoms with Gasteiger partial charge in [0.2, 0.25) is 0 Å². The SMILES string of the molecule is C[C@@H](N)CCc1cc(=O)[nH]cn1. The van der Waals surface area contributed by atoms with Crippen LogP contribution >= 0.6 is 0 Å². The van der Waals surface area contributed by atoms with E-state index in [1.807, 2.05) is 6.92 Å². The van der Waals surface area contributed by atoms with Crippen LogP contribution < -0.4 is 11.3 Å². The first-order valence-corrected chi connectivity index (χ1v) is 3.97. The number of hydrogen-bond acceptors (Lipinski definition) is 3. The van der Waals surface area contributed by atoms with Crippen LogP contribution in [0.5, 0.6) is 0 Å². The standard InChI is InChI=1S/C8H13N3O/c1-6(9)2-3-7-4-8(12)11-5-10-7/h4-6H,2-3,9H2,1H3,(H,10,11,12)/t6-/m1/s1. The normalized spacial score (nSPS) is 12.8. The Morgan fingerprint density at radius 3 is 3.08 bits per heavy atom. The van der Waals surface area contributed by atoms with E-state index in [1.165, 1.54) is 12.4 Å². The van der Waals surface area contributed by atoms with Gasteiger partial charge >= 0.3 is 0 Å². The molecule has 0 saturated heterocycles. The van der Waals surface area contributed by atoms with Crippen LogP contribution in [0.25, 0.3) is 0 Å². The highest BCUT2D eigenvalue weighted by Crippen LogP contribution is 1.96. The third-order valence-electron chi connectivity index (χ3n) is 1.59. The largest absolute Gasteiger partial charge is 0.328 e. The van der Waals surface area contributed by atoms with E-state index in [9.17, 15) is 4.79 Å². The maximum absolute atomic E-state index is 10.8. The molecule has 0 saturated carbocycles. The van der Waals surface area contributed by atoms with Gasteiger partial charge in [-0.25, -0.2) is 4.98 Å². The van der Waals surface area contributed by atoms with Crippen molar-refractivity contribution in [3.8, 4) is 0 Å². The van der Waals surface area contributed by atoms with Crippen molar-refractivity contribution in [2.24, 2.45) is 5.73 Å². The van der Waals surface area contributed by atoms with E-state index >= 15 is 0 Å². The molecule has 1 heterocycles. The molecule has 1 aromatic rings. The molecule has 0 unspecified atom stereocenters. The van der Waals surface area contributed by atoms with Crippen molar-refractivity contribution in [1.29, 1.82) is 0 Å². The van der Waals surface area contributed by atoms with Crippen LogP contribution in [0, 0.1) is 0 Å². The zero-order chi connectivity index (χ0) is 8.97. The molecule has 1 rings (SSSR count). The molecule has 0 aliphatic heterocycles. The summed E-state index contributed by atoms with van der Waals surface area (Å²) in [6.07, 6.45) is 3.04. The molecular weight excluding hydrogens is 154 g/mol. The number of aryl methyl sites for hydroxylation is 1. The van der Waals surface area contributed by atoms with E-state index in [0.717, 1.165) is 18.5 Å². The molecular formula is C8H13N3O. The number of aromatic amines is 1. The number of rotatable bonds is 3. The summed E-state index contributed by atoms with van der Waals surface area (Å²) in [6, 6.07) is 1.66. The maximum Gasteiger partial charge on any atom is 0.250 e. The Bertz CT molecular complexity index is 292. The minimum Gasteiger partial charge on any atom is -0.328 e. The summed E-state index contributed by atoms with van der Waals surface area (Å²) in [6.45, 7) is 1.94. The van der Waals surface area contributed by atoms with Gasteiger partial charge in [0.05, 0.1) is 6.33 Å². The number of nitrogens with two attached hydrogens (primary N) is 1. The molecule has 0 spiro atoms. The molecule has 0 bridgehead atoms. The Labute approximate surface area is 70.8 Å². The number of hydrogen-bond donors (Lipinski definition) is 2. The van der Waals surface area contributed by atoms with Gasteiger partial charge in [-0.2, -0.15) is 0 Å². The molecule has 0 radical (unpaired) electrons. The van der Waals surface area contributed by atoms with Crippen LogP contribution in [-0.2, 0) is 6.42 Å². The van der Waals surface area contributed by atoms with Gasteiger partial charge in [0.15, 0.2) is 0 Å². The second-order valence-corrected chi connectivity index (χ2v) is 2.92. The molecule has 66 valence electrons. The van der Waals surface area contributed by atoms with E-state index in [1.54, 1.807) is 0 Å². The highest BCUT2D eigenvalue weighted by Gasteiger charge is 1.97. The smallest absolute Gasteiger partial charge is 0.250 e. The molecule has 1 atom stereocenters. The van der Waals surface area contributed by atoms with E-state index < -0.39 is 0 Å². The Balaban J connectivity index is 2.58. The number of aromatic nitrogens is 2. The van der Waals surface area contributed by atoms with Gasteiger partial charge in [0.25, 0.3) is 5.56 Å². The van der Waals surface area contributed by atoms with Gasteiger partial charge in [-0.05, 0) is 19.8 Å². The van der Waals surface area contributed by atoms with Crippen molar-refractivity contribution in [2.45, 2.75) is 25.8 Å². The number of nitrogens with zero attached hydrogens (tertiary/aromatic N) is 1. The minimum atomic E-state index is -0.107. The van der Waals surface area contributed by atoms with Gasteiger partial charge in [-0.3, -0.25) is 4.79 Å². The van der Waals surface area contributed by atoms with Crippen molar-refractivity contribution in [3.05, 3.63) is 28.4 Å². The third-order valence-corrected chi connectivity index (χ3v) is 1.59. The lowest BCUT2D eigenvalue weighted by Gasteiger charge is -2.02. The van der Waals surface area contributed by atoms with E-state index in [-0.39, 0.29) is 11.6 Å². The molecule has 3 N–H and O–H groups in total. The average molecular weight is 167 g/mol. The van der Waals surface area contributed by atoms with E-state index in [2.05, 4.69) is 9.97 Å². The van der Waals surface area contributed by atoms with Crippen molar-refractivity contribution >= 4 is 0 Å². The van der Waals surface area contributed by atoms with Crippen molar-refractivity contribution in [1.82, 2.24) is 9.97 Å². The maximum atomic E-state index is 10.8. The summed E-state index contributed by atoms with van der Waals surface area (Å²) >= 11 is 0. The van der Waals surface area contributed by atoms with Gasteiger partial charge in [0.1, 0.15) is 0 Å². The second-order valence-electron chi connectivity index (χ2n) is 2.92. The molecule has 0 aliphatic rings. The lowest BCUT2D eigenvalue weighted by atomic mass is 10.1. The molecule has 0 aromatic carbocycles. The Kier molecular flexibility index (Phi) is 2.99. The summed E-state index contributed by atoms with van der Waals surface area (Å²) in [5, 5.41) is 0. The Morgan fingerprint density at radius 1 is 1.75 bits per heavy atom. The first kappa shape index (κ1) is 8.93. The summed E-state index contributed by atoms with van der Waals surface area (Å²) in [7, 11) is 0. The lowest BCUT2D eigenvalue weighted by molar-refractivity contribution is 0.656. The summed E-state index contributed by atoms with van der Waals surface area (Å²) in [5.74, 6) is 0. The molecule has 0 aliphatic carbocycles. The van der Waals surface area contributed by atoms with Crippen molar-refractivity contribution < 1.29 is 0 Å². The first-order valence-electron chi connectivity index (χ1n) is 3.97. The first-order chi connectivity index (χ1) is 5.68. The highest BCUT2D eigenvalue weighted by molar-refractivity contribution is 4.98. The van der Waals surface area contributed by atoms with Crippen LogP contribution in [0.15, 0.2) is 17.2 Å². The lowest BCUT2D eigenvalue weighted by Crippen LogP contribution is -2.16.